The standard InChI is InChI=1S/C8H12N4O3/c1-5(13)4-11-6(2)10-8(12(14)15)7(11)9-3/h9H,4H2,1-3H3. The van der Waals surface area contributed by atoms with Gasteiger partial charge < -0.3 is 15.4 Å². The van der Waals surface area contributed by atoms with Crippen LogP contribution < -0.4 is 5.32 Å². The molecule has 1 aromatic heterocycles. The Morgan fingerprint density at radius 2 is 2.27 bits per heavy atom. The predicted octanol–water partition coefficient (Wildman–Crippen LogP) is 0.730. The van der Waals surface area contributed by atoms with Crippen molar-refractivity contribution >= 4 is 17.4 Å². The van der Waals surface area contributed by atoms with Crippen molar-refractivity contribution in [3.05, 3.63) is 15.9 Å². The van der Waals surface area contributed by atoms with E-state index < -0.39 is 4.92 Å². The minimum Gasteiger partial charge on any atom is -0.367 e. The van der Waals surface area contributed by atoms with E-state index in [4.69, 9.17) is 0 Å². The summed E-state index contributed by atoms with van der Waals surface area (Å²) in [6.45, 7) is 3.13. The molecule has 0 aliphatic heterocycles. The highest BCUT2D eigenvalue weighted by Crippen LogP contribution is 2.24. The van der Waals surface area contributed by atoms with Gasteiger partial charge >= 0.3 is 5.82 Å². The van der Waals surface area contributed by atoms with Gasteiger partial charge in [0.1, 0.15) is 5.78 Å². The smallest absolute Gasteiger partial charge is 0.367 e. The number of ketones is 1. The second-order valence-corrected chi connectivity index (χ2v) is 3.13. The lowest BCUT2D eigenvalue weighted by molar-refractivity contribution is -0.388. The fourth-order valence-corrected chi connectivity index (χ4v) is 1.34. The molecule has 0 aliphatic rings. The van der Waals surface area contributed by atoms with Gasteiger partial charge in [0.25, 0.3) is 0 Å². The number of carbonyl (C=O) groups excluding carboxylic acids is 1. The second-order valence-electron chi connectivity index (χ2n) is 3.13. The van der Waals surface area contributed by atoms with E-state index in [-0.39, 0.29) is 24.0 Å². The van der Waals surface area contributed by atoms with Crippen LogP contribution in [0.15, 0.2) is 0 Å². The Kier molecular flexibility index (Phi) is 3.03. The molecule has 0 aliphatic carbocycles. The summed E-state index contributed by atoms with van der Waals surface area (Å²) in [5.41, 5.74) is 0. The van der Waals surface area contributed by atoms with E-state index in [1.807, 2.05) is 0 Å². The minimum atomic E-state index is -0.574. The molecule has 1 heterocycles. The Balaban J connectivity index is 3.25. The van der Waals surface area contributed by atoms with Gasteiger partial charge in [0.05, 0.1) is 6.54 Å². The van der Waals surface area contributed by atoms with Gasteiger partial charge in [-0.1, -0.05) is 0 Å². The van der Waals surface area contributed by atoms with Crippen molar-refractivity contribution in [2.45, 2.75) is 20.4 Å². The molecule has 7 nitrogen and oxygen atoms in total. The number of aryl methyl sites for hydroxylation is 1. The normalized spacial score (nSPS) is 10.1. The zero-order valence-electron chi connectivity index (χ0n) is 8.77. The van der Waals surface area contributed by atoms with Gasteiger partial charge in [-0.3, -0.25) is 9.36 Å². The first-order valence-electron chi connectivity index (χ1n) is 4.36. The third-order valence-electron chi connectivity index (χ3n) is 1.93. The molecule has 1 aromatic rings. The fourth-order valence-electron chi connectivity index (χ4n) is 1.34. The number of nitro groups is 1. The van der Waals surface area contributed by atoms with E-state index in [9.17, 15) is 14.9 Å². The summed E-state index contributed by atoms with van der Waals surface area (Å²) in [7, 11) is 1.56. The van der Waals surface area contributed by atoms with E-state index in [1.54, 1.807) is 14.0 Å². The molecule has 0 unspecified atom stereocenters. The zero-order chi connectivity index (χ0) is 11.6. The fraction of sp³-hybridized carbons (Fsp3) is 0.500. The van der Waals surface area contributed by atoms with Crippen molar-refractivity contribution in [1.29, 1.82) is 0 Å². The zero-order valence-corrected chi connectivity index (χ0v) is 8.77. The molecule has 15 heavy (non-hydrogen) atoms. The Morgan fingerprint density at radius 1 is 1.67 bits per heavy atom. The summed E-state index contributed by atoms with van der Waals surface area (Å²) in [6.07, 6.45) is 0. The molecule has 1 N–H and O–H groups in total. The van der Waals surface area contributed by atoms with Crippen LogP contribution in [0.1, 0.15) is 12.7 Å². The summed E-state index contributed by atoms with van der Waals surface area (Å²) < 4.78 is 1.49. The van der Waals surface area contributed by atoms with E-state index in [0.29, 0.717) is 5.82 Å². The maximum Gasteiger partial charge on any atom is 0.406 e. The summed E-state index contributed by atoms with van der Waals surface area (Å²) in [5, 5.41) is 13.3. The van der Waals surface area contributed by atoms with Gasteiger partial charge in [-0.15, -0.1) is 0 Å². The Bertz CT molecular complexity index is 410. The number of hydrogen-bond acceptors (Lipinski definition) is 5. The predicted molar refractivity (Wildman–Crippen MR) is 53.8 cm³/mol. The molecule has 0 saturated carbocycles. The number of carbonyl (C=O) groups is 1. The molecule has 0 spiro atoms. The van der Waals surface area contributed by atoms with Gasteiger partial charge in [-0.25, -0.2) is 0 Å². The van der Waals surface area contributed by atoms with Crippen LogP contribution in [0.5, 0.6) is 0 Å². The van der Waals surface area contributed by atoms with E-state index in [2.05, 4.69) is 10.3 Å². The molecular formula is C8H12N4O3. The van der Waals surface area contributed by atoms with Crippen LogP contribution in [-0.4, -0.2) is 27.3 Å². The van der Waals surface area contributed by atoms with Crippen LogP contribution in [0, 0.1) is 17.0 Å². The summed E-state index contributed by atoms with van der Waals surface area (Å²) in [5.74, 6) is 0.368. The molecule has 0 aromatic carbocycles. The molecule has 0 radical (unpaired) electrons. The topological polar surface area (TPSA) is 90.1 Å². The number of nitrogens with one attached hydrogen (secondary N) is 1. The van der Waals surface area contributed by atoms with Crippen LogP contribution in [0.2, 0.25) is 0 Å². The number of aromatic nitrogens is 2. The number of nitrogens with zero attached hydrogens (tertiary/aromatic N) is 3. The van der Waals surface area contributed by atoms with Gasteiger partial charge in [0, 0.05) is 14.0 Å². The molecule has 0 bridgehead atoms. The number of Topliss-reactive ketones (excluding diaryl/α,β-unsaturated/α-hetero) is 1. The van der Waals surface area contributed by atoms with Crippen LogP contribution in [0.4, 0.5) is 11.6 Å². The Hall–Kier alpha value is -1.92. The molecular weight excluding hydrogens is 200 g/mol. The van der Waals surface area contributed by atoms with E-state index >= 15 is 0 Å². The lowest BCUT2D eigenvalue weighted by Gasteiger charge is -2.04. The highest BCUT2D eigenvalue weighted by Gasteiger charge is 2.24. The SMILES string of the molecule is CNc1c([N+](=O)[O-])nc(C)n1CC(C)=O. The second kappa shape index (κ2) is 4.07. The molecule has 0 amide bonds. The number of rotatable bonds is 4. The minimum absolute atomic E-state index is 0.0816. The van der Waals surface area contributed by atoms with Crippen molar-refractivity contribution in [3.8, 4) is 0 Å². The lowest BCUT2D eigenvalue weighted by atomic mass is 10.4. The highest BCUT2D eigenvalue weighted by atomic mass is 16.6. The summed E-state index contributed by atoms with van der Waals surface area (Å²) in [6, 6.07) is 0. The first kappa shape index (κ1) is 11.2. The van der Waals surface area contributed by atoms with Crippen molar-refractivity contribution in [2.24, 2.45) is 0 Å². The maximum atomic E-state index is 11.0. The first-order valence-corrected chi connectivity index (χ1v) is 4.36. The third kappa shape index (κ3) is 2.12. The Labute approximate surface area is 86.3 Å². The van der Waals surface area contributed by atoms with Crippen molar-refractivity contribution < 1.29 is 9.72 Å². The molecule has 82 valence electrons. The summed E-state index contributed by atoms with van der Waals surface area (Å²) >= 11 is 0. The maximum absolute atomic E-state index is 11.0. The largest absolute Gasteiger partial charge is 0.406 e. The monoisotopic (exact) mass is 212 g/mol. The van der Waals surface area contributed by atoms with Crippen LogP contribution in [0.3, 0.4) is 0 Å². The van der Waals surface area contributed by atoms with Crippen molar-refractivity contribution in [1.82, 2.24) is 9.55 Å². The number of hydrogen-bond donors (Lipinski definition) is 1. The highest BCUT2D eigenvalue weighted by molar-refractivity contribution is 5.76. The number of anilines is 1. The Morgan fingerprint density at radius 3 is 2.67 bits per heavy atom. The summed E-state index contributed by atoms with van der Waals surface area (Å²) in [4.78, 5) is 24.8. The van der Waals surface area contributed by atoms with Crippen molar-refractivity contribution in [2.75, 3.05) is 12.4 Å². The quantitative estimate of drug-likeness (QED) is 0.587. The van der Waals surface area contributed by atoms with E-state index in [0.717, 1.165) is 0 Å². The molecule has 1 rings (SSSR count). The van der Waals surface area contributed by atoms with Crippen LogP contribution >= 0.6 is 0 Å². The van der Waals surface area contributed by atoms with Crippen LogP contribution in [-0.2, 0) is 11.3 Å². The first-order chi connectivity index (χ1) is 6.97. The van der Waals surface area contributed by atoms with E-state index in [1.165, 1.54) is 11.5 Å². The van der Waals surface area contributed by atoms with Gasteiger partial charge in [0.2, 0.25) is 11.6 Å². The average Bonchev–Trinajstić information content (AvgIpc) is 2.43. The molecule has 0 fully saturated rings. The number of imidazole rings is 1. The van der Waals surface area contributed by atoms with Gasteiger partial charge in [-0.05, 0) is 16.8 Å². The van der Waals surface area contributed by atoms with Gasteiger partial charge in [0.15, 0.2) is 0 Å². The van der Waals surface area contributed by atoms with Crippen molar-refractivity contribution in [3.63, 3.8) is 0 Å². The lowest BCUT2D eigenvalue weighted by Crippen LogP contribution is -2.11. The average molecular weight is 212 g/mol. The molecule has 0 atom stereocenters. The molecule has 7 heteroatoms. The van der Waals surface area contributed by atoms with Crippen LogP contribution in [0.25, 0.3) is 0 Å². The van der Waals surface area contributed by atoms with Gasteiger partial charge in [-0.2, -0.15) is 0 Å². The molecule has 0 saturated heterocycles. The third-order valence-corrected chi connectivity index (χ3v) is 1.93.